The van der Waals surface area contributed by atoms with E-state index in [1.54, 1.807) is 29.7 Å². The van der Waals surface area contributed by atoms with Crippen molar-refractivity contribution in [2.75, 3.05) is 12.4 Å². The minimum Gasteiger partial charge on any atom is -0.494 e. The molecule has 178 valence electrons. The minimum atomic E-state index is -5.08. The molecular weight excluding hydrogens is 447 g/mol. The molecule has 14 heteroatoms. The van der Waals surface area contributed by atoms with Crippen molar-refractivity contribution in [1.29, 1.82) is 0 Å². The summed E-state index contributed by atoms with van der Waals surface area (Å²) in [5, 5.41) is 21.0. The maximum Gasteiger partial charge on any atom is 0.490 e. The van der Waals surface area contributed by atoms with E-state index in [0.717, 1.165) is 29.2 Å². The number of carboxylic acids is 1. The average Bonchev–Trinajstić information content (AvgIpc) is 3.38. The van der Waals surface area contributed by atoms with Crippen LogP contribution in [-0.2, 0) is 24.8 Å². The molecule has 2 amide bonds. The van der Waals surface area contributed by atoms with Gasteiger partial charge in [0, 0.05) is 31.8 Å². The van der Waals surface area contributed by atoms with Gasteiger partial charge >= 0.3 is 18.2 Å². The Kier molecular flexibility index (Phi) is 8.36. The summed E-state index contributed by atoms with van der Waals surface area (Å²) < 4.78 is 40.4. The summed E-state index contributed by atoms with van der Waals surface area (Å²) in [5.41, 5.74) is 1.68. The van der Waals surface area contributed by atoms with Crippen molar-refractivity contribution in [2.45, 2.75) is 26.1 Å². The number of aromatic nitrogens is 5. The Hall–Kier alpha value is -4.10. The minimum absolute atomic E-state index is 0.284. The molecule has 0 aliphatic carbocycles. The predicted molar refractivity (Wildman–Crippen MR) is 110 cm³/mol. The zero-order chi connectivity index (χ0) is 24.6. The van der Waals surface area contributed by atoms with Crippen LogP contribution in [-0.4, -0.2) is 54.9 Å². The third-order valence-electron chi connectivity index (χ3n) is 4.06. The average molecular weight is 469 g/mol. The van der Waals surface area contributed by atoms with Crippen LogP contribution >= 0.6 is 0 Å². The second-order valence-corrected chi connectivity index (χ2v) is 6.40. The number of amides is 2. The first-order valence-electron chi connectivity index (χ1n) is 9.47. The fourth-order valence-electron chi connectivity index (χ4n) is 2.51. The number of methoxy groups -OCH3 is 1. The number of anilines is 1. The van der Waals surface area contributed by atoms with Crippen LogP contribution < -0.4 is 15.4 Å². The molecule has 2 heterocycles. The molecule has 0 unspecified atom stereocenters. The van der Waals surface area contributed by atoms with Crippen LogP contribution in [0.2, 0.25) is 0 Å². The molecule has 11 nitrogen and oxygen atoms in total. The maximum atomic E-state index is 12.0. The Morgan fingerprint density at radius 3 is 2.48 bits per heavy atom. The molecule has 0 saturated carbocycles. The Balaban J connectivity index is 0.000000479. The van der Waals surface area contributed by atoms with Gasteiger partial charge in [-0.25, -0.2) is 14.3 Å². The van der Waals surface area contributed by atoms with Gasteiger partial charge < -0.3 is 15.2 Å². The first kappa shape index (κ1) is 25.2. The topological polar surface area (TPSA) is 136 Å². The summed E-state index contributed by atoms with van der Waals surface area (Å²) in [6.45, 7) is 2.31. The maximum absolute atomic E-state index is 12.0. The number of nitrogens with zero attached hydrogens (tertiary/aromatic N) is 5. The molecule has 0 fully saturated rings. The van der Waals surface area contributed by atoms with Crippen LogP contribution in [0.3, 0.4) is 0 Å². The van der Waals surface area contributed by atoms with Gasteiger partial charge in [0.25, 0.3) is 0 Å². The molecule has 0 bridgehead atoms. The van der Waals surface area contributed by atoms with Crippen molar-refractivity contribution >= 4 is 17.9 Å². The number of carbonyl (C=O) groups excluding carboxylic acids is 1. The number of hydrogen-bond donors (Lipinski definition) is 3. The molecule has 3 N–H and O–H groups in total. The first-order chi connectivity index (χ1) is 15.5. The van der Waals surface area contributed by atoms with E-state index in [1.807, 2.05) is 37.4 Å². The molecule has 0 aliphatic rings. The van der Waals surface area contributed by atoms with Crippen molar-refractivity contribution in [1.82, 2.24) is 29.9 Å². The molecule has 0 spiro atoms. The summed E-state index contributed by atoms with van der Waals surface area (Å²) in [6.07, 6.45) is -0.803. The number of urea groups is 1. The van der Waals surface area contributed by atoms with Gasteiger partial charge in [-0.05, 0) is 12.1 Å². The fourth-order valence-corrected chi connectivity index (χ4v) is 2.51. The molecule has 3 aromatic rings. The highest BCUT2D eigenvalue weighted by molar-refractivity contribution is 5.87. The smallest absolute Gasteiger partial charge is 0.490 e. The van der Waals surface area contributed by atoms with E-state index >= 15 is 0 Å². The van der Waals surface area contributed by atoms with Crippen LogP contribution in [0, 0.1) is 0 Å². The monoisotopic (exact) mass is 469 g/mol. The number of halogens is 3. The van der Waals surface area contributed by atoms with Gasteiger partial charge in [-0.1, -0.05) is 19.1 Å². The second kappa shape index (κ2) is 11.0. The molecule has 33 heavy (non-hydrogen) atoms. The molecule has 0 saturated heterocycles. The van der Waals surface area contributed by atoms with Gasteiger partial charge in [-0.15, -0.1) is 5.10 Å². The van der Waals surface area contributed by atoms with E-state index in [4.69, 9.17) is 14.6 Å². The molecule has 0 radical (unpaired) electrons. The third kappa shape index (κ3) is 7.22. The molecule has 0 atom stereocenters. The highest BCUT2D eigenvalue weighted by Gasteiger charge is 2.38. The lowest BCUT2D eigenvalue weighted by Crippen LogP contribution is -2.28. The Bertz CT molecular complexity index is 1100. The number of nitrogens with one attached hydrogen (secondary N) is 2. The second-order valence-electron chi connectivity index (χ2n) is 6.40. The lowest BCUT2D eigenvalue weighted by Gasteiger charge is -2.07. The largest absolute Gasteiger partial charge is 0.494 e. The van der Waals surface area contributed by atoms with Gasteiger partial charge in [0.1, 0.15) is 17.3 Å². The summed E-state index contributed by atoms with van der Waals surface area (Å²) in [7, 11) is 3.41. The quantitative estimate of drug-likeness (QED) is 0.505. The lowest BCUT2D eigenvalue weighted by atomic mass is 10.3. The Morgan fingerprint density at radius 1 is 1.24 bits per heavy atom. The Labute approximate surface area is 186 Å². The van der Waals surface area contributed by atoms with Crippen LogP contribution in [0.4, 0.5) is 23.9 Å². The van der Waals surface area contributed by atoms with E-state index < -0.39 is 12.1 Å². The normalized spacial score (nSPS) is 10.7. The first-order valence-corrected chi connectivity index (χ1v) is 9.47. The third-order valence-corrected chi connectivity index (χ3v) is 4.06. The van der Waals surface area contributed by atoms with Gasteiger partial charge in [-0.2, -0.15) is 23.3 Å². The number of hydrogen-bond acceptors (Lipinski definition) is 6. The predicted octanol–water partition coefficient (Wildman–Crippen LogP) is 2.53. The van der Waals surface area contributed by atoms with Crippen molar-refractivity contribution in [2.24, 2.45) is 7.05 Å². The number of rotatable bonds is 6. The number of alkyl halides is 3. The van der Waals surface area contributed by atoms with Crippen molar-refractivity contribution in [3.8, 4) is 11.4 Å². The van der Waals surface area contributed by atoms with E-state index in [9.17, 15) is 18.0 Å². The van der Waals surface area contributed by atoms with Crippen molar-refractivity contribution in [3.05, 3.63) is 48.0 Å². The van der Waals surface area contributed by atoms with Gasteiger partial charge in [0.15, 0.2) is 0 Å². The molecule has 0 aliphatic heterocycles. The molecule has 1 aromatic carbocycles. The standard InChI is InChI=1S/C17H21N7O2.C2HF3O2/c1-4-15-20-16(22-23(15)2)21-17(25)18-9-12-10-19-24(11-12)13-7-5-6-8-14(13)26-3;3-2(4,5)1(6)7/h5-8,10-11H,4,9H2,1-3H3,(H2,18,21,22,25);(H,6,7). The van der Waals surface area contributed by atoms with Crippen LogP contribution in [0.25, 0.3) is 5.69 Å². The zero-order valence-electron chi connectivity index (χ0n) is 17.9. The fraction of sp³-hybridized carbons (Fsp3) is 0.316. The highest BCUT2D eigenvalue weighted by Crippen LogP contribution is 2.21. The van der Waals surface area contributed by atoms with E-state index in [2.05, 4.69) is 25.8 Å². The zero-order valence-corrected chi connectivity index (χ0v) is 17.9. The Morgan fingerprint density at radius 2 is 1.91 bits per heavy atom. The van der Waals surface area contributed by atoms with E-state index in [-0.39, 0.29) is 12.0 Å². The van der Waals surface area contributed by atoms with Gasteiger partial charge in [-0.3, -0.25) is 10.00 Å². The number of carboxylic acid groups (broad SMARTS) is 1. The summed E-state index contributed by atoms with van der Waals surface area (Å²) in [4.78, 5) is 25.1. The highest BCUT2D eigenvalue weighted by atomic mass is 19.4. The van der Waals surface area contributed by atoms with Crippen LogP contribution in [0.5, 0.6) is 5.75 Å². The number of aliphatic carboxylic acids is 1. The van der Waals surface area contributed by atoms with Gasteiger partial charge in [0.05, 0.1) is 13.3 Å². The molecule has 2 aromatic heterocycles. The lowest BCUT2D eigenvalue weighted by molar-refractivity contribution is -0.192. The van der Waals surface area contributed by atoms with E-state index in [0.29, 0.717) is 6.54 Å². The van der Waals surface area contributed by atoms with Gasteiger partial charge in [0.2, 0.25) is 5.95 Å². The number of carbonyl (C=O) groups is 2. The van der Waals surface area contributed by atoms with Crippen LogP contribution in [0.15, 0.2) is 36.7 Å². The summed E-state index contributed by atoms with van der Waals surface area (Å²) in [6, 6.07) is 7.22. The van der Waals surface area contributed by atoms with Crippen molar-refractivity contribution < 1.29 is 32.6 Å². The SMILES string of the molecule is CCc1nc(NC(=O)NCc2cnn(-c3ccccc3OC)c2)nn1C.O=C(O)C(F)(F)F. The van der Waals surface area contributed by atoms with Crippen LogP contribution in [0.1, 0.15) is 18.3 Å². The summed E-state index contributed by atoms with van der Waals surface area (Å²) >= 11 is 0. The van der Waals surface area contributed by atoms with E-state index in [1.165, 1.54) is 0 Å². The van der Waals surface area contributed by atoms with Crippen molar-refractivity contribution in [3.63, 3.8) is 0 Å². The number of aryl methyl sites for hydroxylation is 2. The molecule has 3 rings (SSSR count). The molecular formula is C19H22F3N7O4. The number of ether oxygens (including phenoxy) is 1. The summed E-state index contributed by atoms with van der Waals surface area (Å²) in [5.74, 6) is -0.946. The number of benzene rings is 1. The number of para-hydroxylation sites is 2.